The van der Waals surface area contributed by atoms with Crippen molar-refractivity contribution in [3.8, 4) is 11.6 Å². The fourth-order valence-electron chi connectivity index (χ4n) is 1.18. The summed E-state index contributed by atoms with van der Waals surface area (Å²) in [5, 5.41) is 11.2. The number of amidine groups is 1. The lowest BCUT2D eigenvalue weighted by Gasteiger charge is -2.04. The van der Waals surface area contributed by atoms with Crippen LogP contribution in [-0.4, -0.2) is 21.0 Å². The van der Waals surface area contributed by atoms with Gasteiger partial charge in [0.1, 0.15) is 17.3 Å². The fourth-order valence-corrected chi connectivity index (χ4v) is 1.18. The van der Waals surface area contributed by atoms with Crippen molar-refractivity contribution < 1.29 is 14.3 Å². The molecule has 3 N–H and O–H groups in total. The molecule has 0 radical (unpaired) electrons. The van der Waals surface area contributed by atoms with E-state index in [4.69, 9.17) is 15.7 Å². The van der Waals surface area contributed by atoms with Gasteiger partial charge < -0.3 is 15.7 Å². The van der Waals surface area contributed by atoms with Crippen LogP contribution in [0.25, 0.3) is 0 Å². The Hall–Kier alpha value is -2.70. The van der Waals surface area contributed by atoms with Crippen LogP contribution >= 0.6 is 0 Å². The van der Waals surface area contributed by atoms with Gasteiger partial charge in [-0.1, -0.05) is 5.16 Å². The van der Waals surface area contributed by atoms with Gasteiger partial charge in [0.05, 0.1) is 12.4 Å². The zero-order chi connectivity index (χ0) is 13.0. The number of hydrogen-bond donors (Lipinski definition) is 2. The molecule has 2 aromatic rings. The minimum absolute atomic E-state index is 0.143. The van der Waals surface area contributed by atoms with Gasteiger partial charge in [-0.05, 0) is 24.3 Å². The molecule has 0 saturated heterocycles. The summed E-state index contributed by atoms with van der Waals surface area (Å²) < 4.78 is 18.0. The average molecular weight is 248 g/mol. The normalized spacial score (nSPS) is 11.3. The molecule has 0 saturated carbocycles. The number of nitrogens with two attached hydrogens (primary N) is 1. The number of halogens is 1. The Morgan fingerprint density at radius 3 is 2.50 bits per heavy atom. The Labute approximate surface area is 102 Å². The van der Waals surface area contributed by atoms with E-state index in [2.05, 4.69) is 15.1 Å². The van der Waals surface area contributed by atoms with Gasteiger partial charge in [0.15, 0.2) is 5.84 Å². The molecule has 0 aliphatic carbocycles. The third-order valence-electron chi connectivity index (χ3n) is 2.03. The largest absolute Gasteiger partial charge is 0.438 e. The minimum atomic E-state index is -0.351. The lowest BCUT2D eigenvalue weighted by Crippen LogP contribution is -2.15. The van der Waals surface area contributed by atoms with E-state index >= 15 is 0 Å². The highest BCUT2D eigenvalue weighted by Crippen LogP contribution is 2.18. The van der Waals surface area contributed by atoms with Crippen LogP contribution in [0.1, 0.15) is 5.69 Å². The first-order valence-corrected chi connectivity index (χ1v) is 4.92. The third kappa shape index (κ3) is 2.70. The molecule has 7 heteroatoms. The Morgan fingerprint density at radius 1 is 1.22 bits per heavy atom. The Morgan fingerprint density at radius 2 is 1.94 bits per heavy atom. The number of benzene rings is 1. The Bertz CT molecular complexity index is 554. The first-order chi connectivity index (χ1) is 8.69. The molecule has 92 valence electrons. The molecule has 1 aromatic carbocycles. The topological polar surface area (TPSA) is 93.6 Å². The standard InChI is InChI=1S/C11H9FN4O2/c12-7-1-3-8(4-2-7)18-10-6-14-9(5-15-10)11(13)16-17/h1-6,17H,(H2,13,16). The molecule has 0 aliphatic rings. The van der Waals surface area contributed by atoms with E-state index < -0.39 is 0 Å². The summed E-state index contributed by atoms with van der Waals surface area (Å²) in [6.07, 6.45) is 2.62. The first-order valence-electron chi connectivity index (χ1n) is 4.92. The van der Waals surface area contributed by atoms with Crippen molar-refractivity contribution in [2.45, 2.75) is 0 Å². The molecule has 0 unspecified atom stereocenters. The molecule has 0 fully saturated rings. The van der Waals surface area contributed by atoms with E-state index in [1.54, 1.807) is 0 Å². The van der Waals surface area contributed by atoms with Crippen molar-refractivity contribution >= 4 is 5.84 Å². The second kappa shape index (κ2) is 5.09. The van der Waals surface area contributed by atoms with Gasteiger partial charge in [0.25, 0.3) is 0 Å². The van der Waals surface area contributed by atoms with Crippen molar-refractivity contribution in [3.63, 3.8) is 0 Å². The monoisotopic (exact) mass is 248 g/mol. The van der Waals surface area contributed by atoms with Crippen molar-refractivity contribution in [2.24, 2.45) is 10.9 Å². The SMILES string of the molecule is NC(=NO)c1cnc(Oc2ccc(F)cc2)cn1. The van der Waals surface area contributed by atoms with Gasteiger partial charge in [-0.2, -0.15) is 0 Å². The van der Waals surface area contributed by atoms with Crippen LogP contribution in [0.5, 0.6) is 11.6 Å². The lowest BCUT2D eigenvalue weighted by atomic mass is 10.3. The highest BCUT2D eigenvalue weighted by molar-refractivity contribution is 5.94. The van der Waals surface area contributed by atoms with Gasteiger partial charge in [0, 0.05) is 0 Å². The van der Waals surface area contributed by atoms with Crippen LogP contribution in [0, 0.1) is 5.82 Å². The summed E-state index contributed by atoms with van der Waals surface area (Å²) in [6.45, 7) is 0. The molecule has 1 heterocycles. The number of nitrogens with zero attached hydrogens (tertiary/aromatic N) is 3. The maximum atomic E-state index is 12.7. The summed E-state index contributed by atoms with van der Waals surface area (Å²) in [6, 6.07) is 5.48. The van der Waals surface area contributed by atoms with E-state index in [9.17, 15) is 4.39 Å². The predicted molar refractivity (Wildman–Crippen MR) is 61.0 cm³/mol. The molecule has 18 heavy (non-hydrogen) atoms. The second-order valence-corrected chi connectivity index (χ2v) is 3.28. The number of oxime groups is 1. The molecule has 0 bridgehead atoms. The molecule has 0 spiro atoms. The Balaban J connectivity index is 2.13. The van der Waals surface area contributed by atoms with E-state index in [-0.39, 0.29) is 23.2 Å². The maximum Gasteiger partial charge on any atom is 0.237 e. The van der Waals surface area contributed by atoms with E-state index in [0.29, 0.717) is 5.75 Å². The van der Waals surface area contributed by atoms with Crippen molar-refractivity contribution in [3.05, 3.63) is 48.2 Å². The van der Waals surface area contributed by atoms with Crippen LogP contribution < -0.4 is 10.5 Å². The lowest BCUT2D eigenvalue weighted by molar-refractivity contribution is 0.318. The average Bonchev–Trinajstić information content (AvgIpc) is 2.41. The molecule has 6 nitrogen and oxygen atoms in total. The van der Waals surface area contributed by atoms with E-state index in [1.165, 1.54) is 36.7 Å². The maximum absolute atomic E-state index is 12.7. The fraction of sp³-hybridized carbons (Fsp3) is 0. The summed E-state index contributed by atoms with van der Waals surface area (Å²) in [4.78, 5) is 7.80. The third-order valence-corrected chi connectivity index (χ3v) is 2.03. The highest BCUT2D eigenvalue weighted by atomic mass is 19.1. The number of hydrogen-bond acceptors (Lipinski definition) is 5. The predicted octanol–water partition coefficient (Wildman–Crippen LogP) is 1.50. The summed E-state index contributed by atoms with van der Waals surface area (Å²) in [5.74, 6) is 0.157. The van der Waals surface area contributed by atoms with Gasteiger partial charge in [0.2, 0.25) is 5.88 Å². The van der Waals surface area contributed by atoms with Gasteiger partial charge in [-0.15, -0.1) is 0 Å². The molecule has 0 amide bonds. The van der Waals surface area contributed by atoms with Crippen LogP contribution in [0.4, 0.5) is 4.39 Å². The zero-order valence-corrected chi connectivity index (χ0v) is 9.12. The summed E-state index contributed by atoms with van der Waals surface area (Å²) >= 11 is 0. The van der Waals surface area contributed by atoms with E-state index in [1.807, 2.05) is 0 Å². The van der Waals surface area contributed by atoms with Gasteiger partial charge in [-0.25, -0.2) is 14.4 Å². The molecule has 1 aromatic heterocycles. The van der Waals surface area contributed by atoms with Crippen LogP contribution in [0.3, 0.4) is 0 Å². The molecule has 0 atom stereocenters. The summed E-state index contributed by atoms with van der Waals surface area (Å²) in [5.41, 5.74) is 5.55. The van der Waals surface area contributed by atoms with Crippen molar-refractivity contribution in [2.75, 3.05) is 0 Å². The molecule has 2 rings (SSSR count). The zero-order valence-electron chi connectivity index (χ0n) is 9.12. The molecular formula is C11H9FN4O2. The van der Waals surface area contributed by atoms with Crippen molar-refractivity contribution in [1.29, 1.82) is 0 Å². The van der Waals surface area contributed by atoms with Crippen LogP contribution in [0.15, 0.2) is 41.8 Å². The first kappa shape index (κ1) is 11.8. The van der Waals surface area contributed by atoms with E-state index in [0.717, 1.165) is 0 Å². The smallest absolute Gasteiger partial charge is 0.237 e. The Kier molecular flexibility index (Phi) is 3.33. The molecule has 0 aliphatic heterocycles. The number of aromatic nitrogens is 2. The van der Waals surface area contributed by atoms with Crippen molar-refractivity contribution in [1.82, 2.24) is 9.97 Å². The number of ether oxygens (including phenoxy) is 1. The minimum Gasteiger partial charge on any atom is -0.438 e. The highest BCUT2D eigenvalue weighted by Gasteiger charge is 2.03. The van der Waals surface area contributed by atoms with Gasteiger partial charge >= 0.3 is 0 Å². The van der Waals surface area contributed by atoms with Crippen LogP contribution in [0.2, 0.25) is 0 Å². The number of rotatable bonds is 3. The molecular weight excluding hydrogens is 239 g/mol. The van der Waals surface area contributed by atoms with Crippen LogP contribution in [-0.2, 0) is 0 Å². The quantitative estimate of drug-likeness (QED) is 0.371. The summed E-state index contributed by atoms with van der Waals surface area (Å²) in [7, 11) is 0. The second-order valence-electron chi connectivity index (χ2n) is 3.28. The van der Waals surface area contributed by atoms with Gasteiger partial charge in [-0.3, -0.25) is 0 Å².